The zero-order valence-electron chi connectivity index (χ0n) is 9.06. The molecule has 1 heterocycles. The van der Waals surface area contributed by atoms with Crippen molar-refractivity contribution in [1.29, 1.82) is 0 Å². The molecule has 0 saturated carbocycles. The molecular formula is C10H14N2O3. The topological polar surface area (TPSA) is 65.3 Å². The number of aryl methyl sites for hydroxylation is 1. The van der Waals surface area contributed by atoms with Gasteiger partial charge in [-0.15, -0.1) is 0 Å². The van der Waals surface area contributed by atoms with Crippen molar-refractivity contribution >= 4 is 5.69 Å². The Morgan fingerprint density at radius 1 is 1.60 bits per heavy atom. The number of nitro groups is 1. The fraction of sp³-hybridized carbons (Fsp3) is 0.500. The second-order valence-electron chi connectivity index (χ2n) is 3.78. The first kappa shape index (κ1) is 11.4. The number of pyridine rings is 1. The van der Waals surface area contributed by atoms with Crippen LogP contribution in [0.1, 0.15) is 19.4 Å². The number of hydrogen-bond acceptors (Lipinski definition) is 4. The SMILES string of the molecule is Cc1cc([N+](=O)[O-])cnc1OCC(C)C. The molecule has 0 radical (unpaired) electrons. The molecule has 1 aromatic heterocycles. The minimum absolute atomic E-state index is 0.00982. The first-order chi connectivity index (χ1) is 7.00. The zero-order chi connectivity index (χ0) is 11.4. The lowest BCUT2D eigenvalue weighted by Crippen LogP contribution is -2.07. The Morgan fingerprint density at radius 2 is 2.27 bits per heavy atom. The van der Waals surface area contributed by atoms with Gasteiger partial charge in [0.1, 0.15) is 6.20 Å². The predicted octanol–water partition coefficient (Wildman–Crippen LogP) is 2.33. The largest absolute Gasteiger partial charge is 0.477 e. The van der Waals surface area contributed by atoms with Gasteiger partial charge in [0, 0.05) is 11.6 Å². The first-order valence-corrected chi connectivity index (χ1v) is 4.74. The van der Waals surface area contributed by atoms with E-state index >= 15 is 0 Å². The Morgan fingerprint density at radius 3 is 2.73 bits per heavy atom. The van der Waals surface area contributed by atoms with Crippen molar-refractivity contribution in [2.24, 2.45) is 5.92 Å². The molecule has 0 atom stereocenters. The molecular weight excluding hydrogens is 196 g/mol. The quantitative estimate of drug-likeness (QED) is 0.565. The average molecular weight is 210 g/mol. The molecule has 5 heteroatoms. The third kappa shape index (κ3) is 3.19. The van der Waals surface area contributed by atoms with E-state index < -0.39 is 4.92 Å². The third-order valence-corrected chi connectivity index (χ3v) is 1.78. The Balaban J connectivity index is 2.79. The summed E-state index contributed by atoms with van der Waals surface area (Å²) < 4.78 is 5.40. The lowest BCUT2D eigenvalue weighted by molar-refractivity contribution is -0.385. The van der Waals surface area contributed by atoms with Crippen LogP contribution in [-0.2, 0) is 0 Å². The summed E-state index contributed by atoms with van der Waals surface area (Å²) in [5.41, 5.74) is 0.675. The van der Waals surface area contributed by atoms with Crippen LogP contribution in [0.2, 0.25) is 0 Å². The minimum Gasteiger partial charge on any atom is -0.477 e. The van der Waals surface area contributed by atoms with Gasteiger partial charge in [-0.25, -0.2) is 4.98 Å². The van der Waals surface area contributed by atoms with Crippen LogP contribution < -0.4 is 4.74 Å². The number of ether oxygens (including phenoxy) is 1. The summed E-state index contributed by atoms with van der Waals surface area (Å²) in [7, 11) is 0. The molecule has 0 aliphatic carbocycles. The highest BCUT2D eigenvalue weighted by atomic mass is 16.6. The predicted molar refractivity (Wildman–Crippen MR) is 56.0 cm³/mol. The summed E-state index contributed by atoms with van der Waals surface area (Å²) in [6.07, 6.45) is 1.21. The molecule has 0 aromatic carbocycles. The van der Waals surface area contributed by atoms with E-state index in [-0.39, 0.29) is 5.69 Å². The second-order valence-corrected chi connectivity index (χ2v) is 3.78. The van der Waals surface area contributed by atoms with Crippen molar-refractivity contribution in [3.63, 3.8) is 0 Å². The van der Waals surface area contributed by atoms with E-state index in [1.54, 1.807) is 6.92 Å². The van der Waals surface area contributed by atoms with Crippen LogP contribution in [0.4, 0.5) is 5.69 Å². The van der Waals surface area contributed by atoms with Crippen LogP contribution in [0, 0.1) is 23.0 Å². The van der Waals surface area contributed by atoms with Crippen LogP contribution >= 0.6 is 0 Å². The molecule has 0 spiro atoms. The first-order valence-electron chi connectivity index (χ1n) is 4.74. The van der Waals surface area contributed by atoms with Gasteiger partial charge in [0.2, 0.25) is 5.88 Å². The van der Waals surface area contributed by atoms with Gasteiger partial charge in [0.15, 0.2) is 0 Å². The summed E-state index contributed by atoms with van der Waals surface area (Å²) in [4.78, 5) is 13.9. The highest BCUT2D eigenvalue weighted by Crippen LogP contribution is 2.20. The van der Waals surface area contributed by atoms with Crippen LogP contribution in [0.15, 0.2) is 12.3 Å². The smallest absolute Gasteiger partial charge is 0.288 e. The van der Waals surface area contributed by atoms with Gasteiger partial charge >= 0.3 is 0 Å². The van der Waals surface area contributed by atoms with Crippen molar-refractivity contribution in [2.75, 3.05) is 6.61 Å². The third-order valence-electron chi connectivity index (χ3n) is 1.78. The van der Waals surface area contributed by atoms with Crippen molar-refractivity contribution in [3.05, 3.63) is 27.9 Å². The highest BCUT2D eigenvalue weighted by Gasteiger charge is 2.10. The fourth-order valence-corrected chi connectivity index (χ4v) is 1.04. The summed E-state index contributed by atoms with van der Waals surface area (Å²) in [5, 5.41) is 10.5. The summed E-state index contributed by atoms with van der Waals surface area (Å²) in [6, 6.07) is 1.46. The molecule has 0 unspecified atom stereocenters. The van der Waals surface area contributed by atoms with Crippen molar-refractivity contribution in [1.82, 2.24) is 4.98 Å². The average Bonchev–Trinajstić information content (AvgIpc) is 2.15. The van der Waals surface area contributed by atoms with E-state index in [4.69, 9.17) is 4.74 Å². The Labute approximate surface area is 88.2 Å². The Bertz CT molecular complexity index is 364. The summed E-state index contributed by atoms with van der Waals surface area (Å²) in [5.74, 6) is 0.871. The molecule has 0 fully saturated rings. The van der Waals surface area contributed by atoms with Gasteiger partial charge in [-0.3, -0.25) is 10.1 Å². The lowest BCUT2D eigenvalue weighted by atomic mass is 10.2. The summed E-state index contributed by atoms with van der Waals surface area (Å²) in [6.45, 7) is 6.36. The van der Waals surface area contributed by atoms with Crippen molar-refractivity contribution in [3.8, 4) is 5.88 Å². The summed E-state index contributed by atoms with van der Waals surface area (Å²) >= 11 is 0. The molecule has 0 aliphatic rings. The molecule has 1 aromatic rings. The standard InChI is InChI=1S/C10H14N2O3/c1-7(2)6-15-10-8(3)4-9(5-11-10)12(13)14/h4-5,7H,6H2,1-3H3. The number of aromatic nitrogens is 1. The fourth-order valence-electron chi connectivity index (χ4n) is 1.04. The zero-order valence-corrected chi connectivity index (χ0v) is 9.06. The molecule has 15 heavy (non-hydrogen) atoms. The van der Waals surface area contributed by atoms with Crippen LogP contribution in [0.3, 0.4) is 0 Å². The van der Waals surface area contributed by atoms with Gasteiger partial charge in [-0.2, -0.15) is 0 Å². The minimum atomic E-state index is -0.466. The number of hydrogen-bond donors (Lipinski definition) is 0. The lowest BCUT2D eigenvalue weighted by Gasteiger charge is -2.09. The van der Waals surface area contributed by atoms with Crippen LogP contribution in [-0.4, -0.2) is 16.5 Å². The molecule has 0 N–H and O–H groups in total. The monoisotopic (exact) mass is 210 g/mol. The number of nitrogens with zero attached hydrogens (tertiary/aromatic N) is 2. The van der Waals surface area contributed by atoms with E-state index in [1.165, 1.54) is 12.3 Å². The van der Waals surface area contributed by atoms with Crippen LogP contribution in [0.25, 0.3) is 0 Å². The van der Waals surface area contributed by atoms with Crippen molar-refractivity contribution < 1.29 is 9.66 Å². The molecule has 0 amide bonds. The normalized spacial score (nSPS) is 10.4. The van der Waals surface area contributed by atoms with Gasteiger partial charge in [-0.05, 0) is 12.8 Å². The second kappa shape index (κ2) is 4.72. The van der Waals surface area contributed by atoms with Gasteiger partial charge in [-0.1, -0.05) is 13.8 Å². The molecule has 1 rings (SSSR count). The molecule has 82 valence electrons. The molecule has 0 aliphatic heterocycles. The molecule has 0 bridgehead atoms. The van der Waals surface area contributed by atoms with Gasteiger partial charge < -0.3 is 4.74 Å². The van der Waals surface area contributed by atoms with Crippen LogP contribution in [0.5, 0.6) is 5.88 Å². The maximum Gasteiger partial charge on any atom is 0.288 e. The van der Waals surface area contributed by atoms with E-state index in [0.717, 1.165) is 0 Å². The van der Waals surface area contributed by atoms with Gasteiger partial charge in [0.25, 0.3) is 5.69 Å². The van der Waals surface area contributed by atoms with E-state index in [2.05, 4.69) is 4.98 Å². The van der Waals surface area contributed by atoms with Gasteiger partial charge in [0.05, 0.1) is 11.5 Å². The molecule has 5 nitrogen and oxygen atoms in total. The Kier molecular flexibility index (Phi) is 3.60. The Hall–Kier alpha value is -1.65. The van der Waals surface area contributed by atoms with E-state index in [1.807, 2.05) is 13.8 Å². The van der Waals surface area contributed by atoms with E-state index in [0.29, 0.717) is 24.0 Å². The molecule has 0 saturated heterocycles. The maximum absolute atomic E-state index is 10.5. The maximum atomic E-state index is 10.5. The number of rotatable bonds is 4. The van der Waals surface area contributed by atoms with Crippen molar-refractivity contribution in [2.45, 2.75) is 20.8 Å². The van der Waals surface area contributed by atoms with E-state index in [9.17, 15) is 10.1 Å². The highest BCUT2D eigenvalue weighted by molar-refractivity contribution is 5.36.